The monoisotopic (exact) mass is 505 g/mol. The fraction of sp³-hybridized carbons (Fsp3) is 0.188. The van der Waals surface area contributed by atoms with Gasteiger partial charge in [-0.05, 0) is 52.6 Å². The summed E-state index contributed by atoms with van der Waals surface area (Å²) in [5, 5.41) is 4.21. The number of hydrogen-bond donors (Lipinski definition) is 1. The highest BCUT2D eigenvalue weighted by Gasteiger charge is 2.24. The van der Waals surface area contributed by atoms with Gasteiger partial charge in [-0.15, -0.1) is 0 Å². The molecule has 0 aliphatic carbocycles. The van der Waals surface area contributed by atoms with Crippen LogP contribution in [0.25, 0.3) is 10.9 Å². The van der Waals surface area contributed by atoms with Crippen molar-refractivity contribution < 1.29 is 14.3 Å². The Morgan fingerprint density at radius 2 is 1.55 bits per heavy atom. The van der Waals surface area contributed by atoms with E-state index in [-0.39, 0.29) is 18.2 Å². The average molecular weight is 506 g/mol. The molecule has 0 fully saturated rings. The topological polar surface area (TPSA) is 65.4 Å². The molecule has 0 saturated heterocycles. The molecule has 38 heavy (non-hydrogen) atoms. The van der Waals surface area contributed by atoms with Crippen LogP contribution < -0.4 is 14.8 Å². The first-order chi connectivity index (χ1) is 18.6. The van der Waals surface area contributed by atoms with Gasteiger partial charge in [0.05, 0.1) is 14.2 Å². The van der Waals surface area contributed by atoms with Gasteiger partial charge in [0.15, 0.2) is 0 Å². The largest absolute Gasteiger partial charge is 0.497 e. The van der Waals surface area contributed by atoms with Crippen LogP contribution >= 0.6 is 0 Å². The van der Waals surface area contributed by atoms with Crippen LogP contribution in [-0.2, 0) is 17.9 Å². The maximum Gasteiger partial charge on any atom is 0.221 e. The number of benzene rings is 3. The van der Waals surface area contributed by atoms with E-state index in [4.69, 9.17) is 9.47 Å². The predicted molar refractivity (Wildman–Crippen MR) is 150 cm³/mol. The molecule has 5 rings (SSSR count). The van der Waals surface area contributed by atoms with Crippen LogP contribution in [0.2, 0.25) is 0 Å². The van der Waals surface area contributed by atoms with Gasteiger partial charge in [-0.1, -0.05) is 48.5 Å². The van der Waals surface area contributed by atoms with Crippen molar-refractivity contribution in [3.05, 3.63) is 126 Å². The molecule has 2 aromatic heterocycles. The number of amides is 1. The van der Waals surface area contributed by atoms with Crippen molar-refractivity contribution in [2.75, 3.05) is 14.2 Å². The number of pyridine rings is 1. The molecular weight excluding hydrogens is 474 g/mol. The second-order valence-corrected chi connectivity index (χ2v) is 9.25. The Hall–Kier alpha value is -4.58. The predicted octanol–water partition coefficient (Wildman–Crippen LogP) is 5.94. The molecule has 1 unspecified atom stereocenters. The second-order valence-electron chi connectivity index (χ2n) is 9.25. The number of carbonyl (C=O) groups is 1. The Kier molecular flexibility index (Phi) is 7.69. The summed E-state index contributed by atoms with van der Waals surface area (Å²) in [5.41, 5.74) is 5.40. The molecule has 1 amide bonds. The zero-order valence-electron chi connectivity index (χ0n) is 21.6. The third kappa shape index (κ3) is 5.70. The van der Waals surface area contributed by atoms with E-state index in [0.29, 0.717) is 18.0 Å². The summed E-state index contributed by atoms with van der Waals surface area (Å²) >= 11 is 0. The molecule has 1 N–H and O–H groups in total. The van der Waals surface area contributed by atoms with E-state index in [1.54, 1.807) is 26.6 Å². The van der Waals surface area contributed by atoms with Gasteiger partial charge in [-0.25, -0.2) is 0 Å². The number of aromatic nitrogens is 2. The van der Waals surface area contributed by atoms with Crippen LogP contribution in [-0.4, -0.2) is 29.7 Å². The number of hydrogen-bond acceptors (Lipinski definition) is 4. The molecule has 192 valence electrons. The van der Waals surface area contributed by atoms with Gasteiger partial charge in [0.2, 0.25) is 5.91 Å². The molecule has 3 aromatic carbocycles. The Labute approximate surface area is 222 Å². The maximum atomic E-state index is 13.3. The number of rotatable bonds is 10. The summed E-state index contributed by atoms with van der Waals surface area (Å²) in [7, 11) is 3.28. The lowest BCUT2D eigenvalue weighted by molar-refractivity contribution is -0.121. The van der Waals surface area contributed by atoms with E-state index in [1.807, 2.05) is 42.5 Å². The van der Waals surface area contributed by atoms with Crippen molar-refractivity contribution in [1.82, 2.24) is 14.9 Å². The van der Waals surface area contributed by atoms with Crippen molar-refractivity contribution >= 4 is 16.8 Å². The molecule has 6 heteroatoms. The van der Waals surface area contributed by atoms with E-state index in [2.05, 4.69) is 63.5 Å². The van der Waals surface area contributed by atoms with Gasteiger partial charge in [0.1, 0.15) is 11.5 Å². The molecule has 0 aliphatic rings. The maximum absolute atomic E-state index is 13.3. The number of para-hydroxylation sites is 1. The van der Waals surface area contributed by atoms with Gasteiger partial charge in [0.25, 0.3) is 0 Å². The van der Waals surface area contributed by atoms with Crippen molar-refractivity contribution in [2.45, 2.75) is 25.4 Å². The standard InChI is InChI=1S/C32H31N3O3/c1-37-26-16-25(17-27(18-26)38-2)29(19-32(36)34-20-23-12-14-33-15-13-23)30-22-35(21-24-8-4-3-5-9-24)31-11-7-6-10-28(30)31/h3-18,22,29H,19-21H2,1-2H3,(H,34,36). The first-order valence-corrected chi connectivity index (χ1v) is 12.6. The minimum Gasteiger partial charge on any atom is -0.497 e. The van der Waals surface area contributed by atoms with Crippen LogP contribution in [0.5, 0.6) is 11.5 Å². The van der Waals surface area contributed by atoms with Gasteiger partial charge in [-0.2, -0.15) is 0 Å². The third-order valence-electron chi connectivity index (χ3n) is 6.80. The van der Waals surface area contributed by atoms with Crippen molar-refractivity contribution in [3.63, 3.8) is 0 Å². The van der Waals surface area contributed by atoms with Gasteiger partial charge >= 0.3 is 0 Å². The fourth-order valence-electron chi connectivity index (χ4n) is 4.86. The number of fused-ring (bicyclic) bond motifs is 1. The van der Waals surface area contributed by atoms with Gasteiger partial charge < -0.3 is 19.4 Å². The minimum absolute atomic E-state index is 0.0338. The first kappa shape index (κ1) is 25.1. The smallest absolute Gasteiger partial charge is 0.221 e. The summed E-state index contributed by atoms with van der Waals surface area (Å²) in [6, 6.07) is 28.4. The van der Waals surface area contributed by atoms with E-state index < -0.39 is 0 Å². The lowest BCUT2D eigenvalue weighted by atomic mass is 9.87. The first-order valence-electron chi connectivity index (χ1n) is 12.6. The summed E-state index contributed by atoms with van der Waals surface area (Å²) in [4.78, 5) is 17.4. The van der Waals surface area contributed by atoms with Crippen molar-refractivity contribution in [1.29, 1.82) is 0 Å². The van der Waals surface area contributed by atoms with E-state index in [0.717, 1.165) is 34.1 Å². The Morgan fingerprint density at radius 3 is 2.26 bits per heavy atom. The zero-order chi connectivity index (χ0) is 26.3. The van der Waals surface area contributed by atoms with E-state index in [9.17, 15) is 4.79 Å². The van der Waals surface area contributed by atoms with Crippen molar-refractivity contribution in [2.24, 2.45) is 0 Å². The van der Waals surface area contributed by atoms with E-state index >= 15 is 0 Å². The number of carbonyl (C=O) groups excluding carboxylic acids is 1. The molecule has 0 saturated carbocycles. The molecule has 6 nitrogen and oxygen atoms in total. The van der Waals surface area contributed by atoms with Crippen molar-refractivity contribution in [3.8, 4) is 11.5 Å². The van der Waals surface area contributed by atoms with E-state index in [1.165, 1.54) is 5.56 Å². The fourth-order valence-corrected chi connectivity index (χ4v) is 4.86. The molecule has 0 aliphatic heterocycles. The Bertz CT molecular complexity index is 1490. The van der Waals surface area contributed by atoms with Crippen LogP contribution in [0.4, 0.5) is 0 Å². The second kappa shape index (κ2) is 11.6. The molecule has 2 heterocycles. The highest BCUT2D eigenvalue weighted by Crippen LogP contribution is 2.38. The summed E-state index contributed by atoms with van der Waals surface area (Å²) in [5.74, 6) is 1.14. The molecule has 0 bridgehead atoms. The minimum atomic E-state index is -0.210. The molecule has 1 atom stereocenters. The van der Waals surface area contributed by atoms with Gasteiger partial charge in [-0.3, -0.25) is 9.78 Å². The Balaban J connectivity index is 1.55. The van der Waals surface area contributed by atoms with Crippen LogP contribution in [0.15, 0.2) is 104 Å². The van der Waals surface area contributed by atoms with Crippen LogP contribution in [0.3, 0.4) is 0 Å². The molecular formula is C32H31N3O3. The highest BCUT2D eigenvalue weighted by molar-refractivity contribution is 5.87. The van der Waals surface area contributed by atoms with Gasteiger partial charge in [0, 0.05) is 61.0 Å². The molecule has 5 aromatic rings. The third-order valence-corrected chi connectivity index (χ3v) is 6.80. The Morgan fingerprint density at radius 1 is 0.868 bits per heavy atom. The number of methoxy groups -OCH3 is 2. The summed E-state index contributed by atoms with van der Waals surface area (Å²) < 4.78 is 13.4. The average Bonchev–Trinajstić information content (AvgIpc) is 3.33. The van der Waals surface area contributed by atoms with Crippen LogP contribution in [0, 0.1) is 0 Å². The van der Waals surface area contributed by atoms with Crippen LogP contribution in [0.1, 0.15) is 34.6 Å². The number of nitrogens with one attached hydrogen (secondary N) is 1. The number of nitrogens with zero attached hydrogens (tertiary/aromatic N) is 2. The lowest BCUT2D eigenvalue weighted by Gasteiger charge is -2.19. The molecule has 0 spiro atoms. The molecule has 0 radical (unpaired) electrons. The zero-order valence-corrected chi connectivity index (χ0v) is 21.6. The quantitative estimate of drug-likeness (QED) is 0.255. The summed E-state index contributed by atoms with van der Waals surface area (Å²) in [6.45, 7) is 1.19. The normalized spacial score (nSPS) is 11.7. The SMILES string of the molecule is COc1cc(OC)cc(C(CC(=O)NCc2ccncc2)c2cn(Cc3ccccc3)c3ccccc23)c1. The highest BCUT2D eigenvalue weighted by atomic mass is 16.5. The number of ether oxygens (including phenoxy) is 2. The summed E-state index contributed by atoms with van der Waals surface area (Å²) in [6.07, 6.45) is 5.92. The lowest BCUT2D eigenvalue weighted by Crippen LogP contribution is -2.25.